The Kier molecular flexibility index (Phi) is 3.30. The fourth-order valence-electron chi connectivity index (χ4n) is 1.72. The van der Waals surface area contributed by atoms with Crippen LogP contribution in [0.2, 0.25) is 0 Å². The van der Waals surface area contributed by atoms with Gasteiger partial charge >= 0.3 is 0 Å². The average molecular weight is 230 g/mol. The summed E-state index contributed by atoms with van der Waals surface area (Å²) in [5.74, 6) is 0.562. The lowest BCUT2D eigenvalue weighted by Crippen LogP contribution is -1.86. The van der Waals surface area contributed by atoms with Gasteiger partial charge in [0.15, 0.2) is 11.5 Å². The van der Waals surface area contributed by atoms with E-state index in [2.05, 4.69) is 0 Å². The van der Waals surface area contributed by atoms with Gasteiger partial charge in [-0.05, 0) is 34.9 Å². The van der Waals surface area contributed by atoms with Gasteiger partial charge in [0.05, 0.1) is 13.7 Å². The molecule has 2 aromatic rings. The van der Waals surface area contributed by atoms with E-state index in [4.69, 9.17) is 9.84 Å². The molecule has 0 aliphatic rings. The molecule has 2 N–H and O–H groups in total. The first kappa shape index (κ1) is 11.5. The van der Waals surface area contributed by atoms with E-state index in [0.29, 0.717) is 5.75 Å². The first-order valence-electron chi connectivity index (χ1n) is 5.32. The minimum atomic E-state index is 0.00990. The van der Waals surface area contributed by atoms with Gasteiger partial charge < -0.3 is 14.9 Å². The topological polar surface area (TPSA) is 49.7 Å². The summed E-state index contributed by atoms with van der Waals surface area (Å²) in [5.41, 5.74) is 2.69. The zero-order valence-electron chi connectivity index (χ0n) is 9.55. The van der Waals surface area contributed by atoms with E-state index in [1.807, 2.05) is 30.3 Å². The number of hydrogen-bond donors (Lipinski definition) is 2. The lowest BCUT2D eigenvalue weighted by Gasteiger charge is -2.07. The third-order valence-corrected chi connectivity index (χ3v) is 2.62. The van der Waals surface area contributed by atoms with Crippen LogP contribution in [0.3, 0.4) is 0 Å². The number of rotatable bonds is 3. The van der Waals surface area contributed by atoms with Gasteiger partial charge in [-0.2, -0.15) is 0 Å². The monoisotopic (exact) mass is 230 g/mol. The van der Waals surface area contributed by atoms with Gasteiger partial charge in [0.2, 0.25) is 0 Å². The Morgan fingerprint density at radius 3 is 2.47 bits per heavy atom. The van der Waals surface area contributed by atoms with Crippen molar-refractivity contribution in [3.8, 4) is 22.6 Å². The Bertz CT molecular complexity index is 521. The van der Waals surface area contributed by atoms with E-state index < -0.39 is 0 Å². The van der Waals surface area contributed by atoms with Crippen LogP contribution in [0, 0.1) is 0 Å². The highest BCUT2D eigenvalue weighted by molar-refractivity contribution is 5.67. The number of aromatic hydroxyl groups is 1. The average Bonchev–Trinajstić information content (AvgIpc) is 2.38. The summed E-state index contributed by atoms with van der Waals surface area (Å²) >= 11 is 0. The van der Waals surface area contributed by atoms with Crippen LogP contribution in [0.15, 0.2) is 42.5 Å². The molecule has 0 aliphatic carbocycles. The van der Waals surface area contributed by atoms with Crippen molar-refractivity contribution in [2.75, 3.05) is 7.11 Å². The van der Waals surface area contributed by atoms with Crippen molar-refractivity contribution in [1.29, 1.82) is 0 Å². The molecular formula is C14H14O3. The van der Waals surface area contributed by atoms with Crippen LogP contribution in [-0.4, -0.2) is 17.3 Å². The second-order valence-electron chi connectivity index (χ2n) is 3.75. The maximum atomic E-state index is 9.70. The van der Waals surface area contributed by atoms with E-state index in [0.717, 1.165) is 16.7 Å². The van der Waals surface area contributed by atoms with Crippen molar-refractivity contribution in [3.63, 3.8) is 0 Å². The summed E-state index contributed by atoms with van der Waals surface area (Å²) in [6.45, 7) is 0.00990. The highest BCUT2D eigenvalue weighted by atomic mass is 16.5. The minimum Gasteiger partial charge on any atom is -0.504 e. The number of benzene rings is 2. The fourth-order valence-corrected chi connectivity index (χ4v) is 1.72. The molecule has 17 heavy (non-hydrogen) atoms. The molecule has 0 heterocycles. The summed E-state index contributed by atoms with van der Waals surface area (Å²) in [6, 6.07) is 12.8. The van der Waals surface area contributed by atoms with Gasteiger partial charge in [-0.25, -0.2) is 0 Å². The summed E-state index contributed by atoms with van der Waals surface area (Å²) in [4.78, 5) is 0. The van der Waals surface area contributed by atoms with Crippen LogP contribution in [-0.2, 0) is 6.61 Å². The van der Waals surface area contributed by atoms with Gasteiger partial charge in [0, 0.05) is 0 Å². The maximum Gasteiger partial charge on any atom is 0.160 e. The van der Waals surface area contributed by atoms with Gasteiger partial charge in [0.1, 0.15) is 0 Å². The molecule has 0 amide bonds. The predicted molar refractivity (Wildman–Crippen MR) is 66.0 cm³/mol. The van der Waals surface area contributed by atoms with E-state index in [9.17, 15) is 5.11 Å². The molecule has 0 atom stereocenters. The van der Waals surface area contributed by atoms with Crippen molar-refractivity contribution >= 4 is 0 Å². The van der Waals surface area contributed by atoms with Gasteiger partial charge in [-0.3, -0.25) is 0 Å². The van der Waals surface area contributed by atoms with E-state index >= 15 is 0 Å². The summed E-state index contributed by atoms with van der Waals surface area (Å²) < 4.78 is 4.99. The Morgan fingerprint density at radius 1 is 1.06 bits per heavy atom. The highest BCUT2D eigenvalue weighted by Gasteiger charge is 2.04. The Balaban J connectivity index is 2.42. The van der Waals surface area contributed by atoms with Crippen molar-refractivity contribution in [3.05, 3.63) is 48.0 Å². The van der Waals surface area contributed by atoms with Crippen molar-refractivity contribution in [2.24, 2.45) is 0 Å². The number of ether oxygens (including phenoxy) is 1. The highest BCUT2D eigenvalue weighted by Crippen LogP contribution is 2.31. The third-order valence-electron chi connectivity index (χ3n) is 2.62. The number of methoxy groups -OCH3 is 1. The van der Waals surface area contributed by atoms with E-state index in [1.54, 1.807) is 12.1 Å². The number of hydrogen-bond acceptors (Lipinski definition) is 3. The molecule has 0 fully saturated rings. The van der Waals surface area contributed by atoms with Gasteiger partial charge in [-0.1, -0.05) is 24.3 Å². The molecular weight excluding hydrogens is 216 g/mol. The molecule has 3 heteroatoms. The lowest BCUT2D eigenvalue weighted by atomic mass is 10.0. The standard InChI is InChI=1S/C14H14O3/c1-17-14-6-5-12(8-13(14)16)11-4-2-3-10(7-11)9-15/h2-8,15-16H,9H2,1H3. The fraction of sp³-hybridized carbons (Fsp3) is 0.143. The summed E-state index contributed by atoms with van der Waals surface area (Å²) in [7, 11) is 1.51. The van der Waals surface area contributed by atoms with E-state index in [-0.39, 0.29) is 12.4 Å². The lowest BCUT2D eigenvalue weighted by molar-refractivity contribution is 0.282. The van der Waals surface area contributed by atoms with Crippen LogP contribution in [0.4, 0.5) is 0 Å². The Labute approximate surface area is 99.9 Å². The molecule has 0 bridgehead atoms. The number of aliphatic hydroxyl groups is 1. The first-order valence-corrected chi connectivity index (χ1v) is 5.32. The van der Waals surface area contributed by atoms with E-state index in [1.165, 1.54) is 7.11 Å². The minimum absolute atomic E-state index is 0.00990. The largest absolute Gasteiger partial charge is 0.504 e. The van der Waals surface area contributed by atoms with Crippen molar-refractivity contribution in [1.82, 2.24) is 0 Å². The molecule has 0 aromatic heterocycles. The molecule has 0 spiro atoms. The Hall–Kier alpha value is -2.00. The molecule has 88 valence electrons. The number of phenols is 1. The molecule has 0 unspecified atom stereocenters. The van der Waals surface area contributed by atoms with Crippen molar-refractivity contribution in [2.45, 2.75) is 6.61 Å². The molecule has 2 aromatic carbocycles. The first-order chi connectivity index (χ1) is 8.24. The molecule has 0 aliphatic heterocycles. The Morgan fingerprint density at radius 2 is 1.82 bits per heavy atom. The normalized spacial score (nSPS) is 10.2. The van der Waals surface area contributed by atoms with Crippen LogP contribution in [0.1, 0.15) is 5.56 Å². The molecule has 2 rings (SSSR count). The molecule has 3 nitrogen and oxygen atoms in total. The molecule has 0 saturated carbocycles. The zero-order valence-corrected chi connectivity index (χ0v) is 9.55. The van der Waals surface area contributed by atoms with Crippen molar-refractivity contribution < 1.29 is 14.9 Å². The SMILES string of the molecule is COc1ccc(-c2cccc(CO)c2)cc1O. The second kappa shape index (κ2) is 4.89. The summed E-state index contributed by atoms with van der Waals surface area (Å²) in [6.07, 6.45) is 0. The predicted octanol–water partition coefficient (Wildman–Crippen LogP) is 2.56. The molecule has 0 saturated heterocycles. The smallest absolute Gasteiger partial charge is 0.160 e. The molecule has 0 radical (unpaired) electrons. The van der Waals surface area contributed by atoms with Crippen LogP contribution in [0.25, 0.3) is 11.1 Å². The van der Waals surface area contributed by atoms with Gasteiger partial charge in [0.25, 0.3) is 0 Å². The second-order valence-corrected chi connectivity index (χ2v) is 3.75. The number of phenolic OH excluding ortho intramolecular Hbond substituents is 1. The maximum absolute atomic E-state index is 9.70. The third kappa shape index (κ3) is 2.40. The number of aliphatic hydroxyl groups excluding tert-OH is 1. The summed E-state index contributed by atoms with van der Waals surface area (Å²) in [5, 5.41) is 18.8. The van der Waals surface area contributed by atoms with Crippen LogP contribution >= 0.6 is 0 Å². The quantitative estimate of drug-likeness (QED) is 0.852. The van der Waals surface area contributed by atoms with Crippen LogP contribution < -0.4 is 4.74 Å². The zero-order chi connectivity index (χ0) is 12.3. The van der Waals surface area contributed by atoms with Gasteiger partial charge in [-0.15, -0.1) is 0 Å². The van der Waals surface area contributed by atoms with Crippen LogP contribution in [0.5, 0.6) is 11.5 Å².